The van der Waals surface area contributed by atoms with Crippen LogP contribution in [-0.4, -0.2) is 9.13 Å². The van der Waals surface area contributed by atoms with E-state index in [0.717, 1.165) is 28.4 Å². The number of fused-ring (bicyclic) bond motifs is 6. The van der Waals surface area contributed by atoms with Crippen molar-refractivity contribution in [2.45, 2.75) is 0 Å². The van der Waals surface area contributed by atoms with Gasteiger partial charge in [0.1, 0.15) is 0 Å². The highest BCUT2D eigenvalue weighted by Gasteiger charge is 2.19. The van der Waals surface area contributed by atoms with Crippen LogP contribution in [0.1, 0.15) is 0 Å². The monoisotopic (exact) mass is 803 g/mol. The first-order valence-electron chi connectivity index (χ1n) is 21.6. The lowest BCUT2D eigenvalue weighted by Crippen LogP contribution is -2.10. The van der Waals surface area contributed by atoms with Crippen molar-refractivity contribution in [1.29, 1.82) is 0 Å². The normalized spacial score (nSPS) is 11.5. The van der Waals surface area contributed by atoms with Crippen LogP contribution in [-0.2, 0) is 0 Å². The molecule has 3 heteroatoms. The molecule has 63 heavy (non-hydrogen) atoms. The molecule has 0 unspecified atom stereocenters. The molecule has 0 fully saturated rings. The van der Waals surface area contributed by atoms with E-state index in [2.05, 4.69) is 263 Å². The van der Waals surface area contributed by atoms with Crippen molar-refractivity contribution >= 4 is 60.7 Å². The minimum absolute atomic E-state index is 1.09. The standard InChI is InChI=1S/C60H41N3/c1-4-16-42(17-5-1)43-30-34-49(35-31-43)61(51-38-39-58-55(41-51)53-24-10-12-27-56(53)62(58)47-20-6-2-7-21-47)50-36-32-44(33-37-50)45-18-14-19-46(40-45)52-26-15-29-59-60(52)54-25-11-13-28-57(54)63(59)48-22-8-3-9-23-48/h1-41H. The van der Waals surface area contributed by atoms with Crippen LogP contribution >= 0.6 is 0 Å². The Morgan fingerprint density at radius 3 is 1.37 bits per heavy atom. The Labute approximate surface area is 366 Å². The highest BCUT2D eigenvalue weighted by atomic mass is 15.1. The lowest BCUT2D eigenvalue weighted by atomic mass is 9.95. The topological polar surface area (TPSA) is 13.1 Å². The van der Waals surface area contributed by atoms with Gasteiger partial charge in [-0.15, -0.1) is 0 Å². The fraction of sp³-hybridized carbons (Fsp3) is 0. The van der Waals surface area contributed by atoms with Gasteiger partial charge in [0.05, 0.1) is 22.1 Å². The molecule has 0 radical (unpaired) electrons. The molecule has 0 amide bonds. The minimum atomic E-state index is 1.09. The number of anilines is 3. The molecule has 0 bridgehead atoms. The summed E-state index contributed by atoms with van der Waals surface area (Å²) in [7, 11) is 0. The summed E-state index contributed by atoms with van der Waals surface area (Å²) in [5.41, 5.74) is 17.5. The molecule has 2 aromatic heterocycles. The smallest absolute Gasteiger partial charge is 0.0547 e. The Hall–Kier alpha value is -8.40. The quantitative estimate of drug-likeness (QED) is 0.149. The lowest BCUT2D eigenvalue weighted by Gasteiger charge is -2.26. The van der Waals surface area contributed by atoms with E-state index >= 15 is 0 Å². The summed E-state index contributed by atoms with van der Waals surface area (Å²) < 4.78 is 4.76. The largest absolute Gasteiger partial charge is 0.310 e. The van der Waals surface area contributed by atoms with E-state index in [1.807, 2.05) is 0 Å². The number of benzene rings is 10. The molecule has 0 N–H and O–H groups in total. The first-order chi connectivity index (χ1) is 31.3. The molecular weight excluding hydrogens is 763 g/mol. The molecule has 0 aliphatic rings. The highest BCUT2D eigenvalue weighted by molar-refractivity contribution is 6.16. The Bertz CT molecular complexity index is 3580. The summed E-state index contributed by atoms with van der Waals surface area (Å²) in [6, 6.07) is 90.0. The molecule has 0 saturated carbocycles. The molecular formula is C60H41N3. The lowest BCUT2D eigenvalue weighted by molar-refractivity contribution is 1.18. The van der Waals surface area contributed by atoms with Gasteiger partial charge in [-0.25, -0.2) is 0 Å². The van der Waals surface area contributed by atoms with Crippen molar-refractivity contribution in [3.8, 4) is 44.8 Å². The Balaban J connectivity index is 0.960. The van der Waals surface area contributed by atoms with Gasteiger partial charge in [0, 0.05) is 50.0 Å². The van der Waals surface area contributed by atoms with Gasteiger partial charge in [-0.05, 0) is 124 Å². The van der Waals surface area contributed by atoms with Crippen LogP contribution < -0.4 is 4.90 Å². The Kier molecular flexibility index (Phi) is 8.83. The summed E-state index contributed by atoms with van der Waals surface area (Å²) in [5, 5.41) is 4.96. The molecule has 12 aromatic rings. The molecule has 0 aliphatic carbocycles. The first-order valence-corrected chi connectivity index (χ1v) is 21.6. The van der Waals surface area contributed by atoms with E-state index in [1.165, 1.54) is 77.0 Å². The third-order valence-electron chi connectivity index (χ3n) is 12.5. The maximum absolute atomic E-state index is 2.39. The Morgan fingerprint density at radius 2 is 0.698 bits per heavy atom. The summed E-state index contributed by atoms with van der Waals surface area (Å²) >= 11 is 0. The van der Waals surface area contributed by atoms with Gasteiger partial charge in [0.2, 0.25) is 0 Å². The first kappa shape index (κ1) is 36.5. The summed E-state index contributed by atoms with van der Waals surface area (Å²) in [6.07, 6.45) is 0. The average Bonchev–Trinajstić information content (AvgIpc) is 3.88. The van der Waals surface area contributed by atoms with Crippen LogP contribution in [0.25, 0.3) is 88.4 Å². The van der Waals surface area contributed by atoms with Crippen molar-refractivity contribution in [1.82, 2.24) is 9.13 Å². The molecule has 0 aliphatic heterocycles. The fourth-order valence-electron chi connectivity index (χ4n) is 9.62. The molecule has 296 valence electrons. The number of hydrogen-bond donors (Lipinski definition) is 0. The molecule has 12 rings (SSSR count). The van der Waals surface area contributed by atoms with E-state index < -0.39 is 0 Å². The molecule has 0 spiro atoms. The zero-order chi connectivity index (χ0) is 41.7. The average molecular weight is 804 g/mol. The molecule has 0 atom stereocenters. The number of para-hydroxylation sites is 4. The van der Waals surface area contributed by atoms with Crippen LogP contribution in [0, 0.1) is 0 Å². The van der Waals surface area contributed by atoms with Crippen molar-refractivity contribution < 1.29 is 0 Å². The molecule has 0 saturated heterocycles. The second-order valence-corrected chi connectivity index (χ2v) is 16.2. The predicted molar refractivity (Wildman–Crippen MR) is 266 cm³/mol. The summed E-state index contributed by atoms with van der Waals surface area (Å²) in [5.74, 6) is 0. The van der Waals surface area contributed by atoms with E-state index in [-0.39, 0.29) is 0 Å². The molecule has 10 aromatic carbocycles. The van der Waals surface area contributed by atoms with Crippen LogP contribution in [0.15, 0.2) is 249 Å². The van der Waals surface area contributed by atoms with Gasteiger partial charge < -0.3 is 14.0 Å². The van der Waals surface area contributed by atoms with E-state index in [9.17, 15) is 0 Å². The number of nitrogens with zero attached hydrogens (tertiary/aromatic N) is 3. The van der Waals surface area contributed by atoms with Gasteiger partial charge in [-0.2, -0.15) is 0 Å². The predicted octanol–water partition coefficient (Wildman–Crippen LogP) is 16.4. The summed E-state index contributed by atoms with van der Waals surface area (Å²) in [4.78, 5) is 2.38. The van der Waals surface area contributed by atoms with Crippen molar-refractivity contribution in [2.75, 3.05) is 4.90 Å². The number of rotatable bonds is 8. The second-order valence-electron chi connectivity index (χ2n) is 16.2. The van der Waals surface area contributed by atoms with E-state index in [1.54, 1.807) is 0 Å². The Morgan fingerprint density at radius 1 is 0.254 bits per heavy atom. The molecule has 2 heterocycles. The highest BCUT2D eigenvalue weighted by Crippen LogP contribution is 2.42. The SMILES string of the molecule is c1ccc(-c2ccc(N(c3ccc(-c4cccc(-c5cccc6c5c5ccccc5n6-c5ccccc5)c4)cc3)c3ccc4c(c3)c3ccccc3n4-c3ccccc3)cc2)cc1. The number of aromatic nitrogens is 2. The maximum Gasteiger partial charge on any atom is 0.0547 e. The van der Waals surface area contributed by atoms with Crippen LogP contribution in [0.4, 0.5) is 17.1 Å². The van der Waals surface area contributed by atoms with Crippen molar-refractivity contribution in [3.05, 3.63) is 249 Å². The molecule has 3 nitrogen and oxygen atoms in total. The van der Waals surface area contributed by atoms with Crippen molar-refractivity contribution in [2.24, 2.45) is 0 Å². The third-order valence-corrected chi connectivity index (χ3v) is 12.5. The minimum Gasteiger partial charge on any atom is -0.310 e. The van der Waals surface area contributed by atoms with Gasteiger partial charge in [0.25, 0.3) is 0 Å². The van der Waals surface area contributed by atoms with Gasteiger partial charge >= 0.3 is 0 Å². The van der Waals surface area contributed by atoms with Gasteiger partial charge in [-0.3, -0.25) is 0 Å². The number of hydrogen-bond acceptors (Lipinski definition) is 1. The third kappa shape index (κ3) is 6.29. The summed E-state index contributed by atoms with van der Waals surface area (Å²) in [6.45, 7) is 0. The van der Waals surface area contributed by atoms with Crippen LogP contribution in [0.2, 0.25) is 0 Å². The van der Waals surface area contributed by atoms with Crippen molar-refractivity contribution in [3.63, 3.8) is 0 Å². The van der Waals surface area contributed by atoms with Crippen LogP contribution in [0.5, 0.6) is 0 Å². The van der Waals surface area contributed by atoms with E-state index in [4.69, 9.17) is 0 Å². The van der Waals surface area contributed by atoms with Gasteiger partial charge in [-0.1, -0.05) is 158 Å². The zero-order valence-corrected chi connectivity index (χ0v) is 34.5. The fourth-order valence-corrected chi connectivity index (χ4v) is 9.62. The van der Waals surface area contributed by atoms with Gasteiger partial charge in [0.15, 0.2) is 0 Å². The van der Waals surface area contributed by atoms with E-state index in [0.29, 0.717) is 0 Å². The van der Waals surface area contributed by atoms with Crippen LogP contribution in [0.3, 0.4) is 0 Å². The zero-order valence-electron chi connectivity index (χ0n) is 34.5. The second kappa shape index (κ2) is 15.3. The maximum atomic E-state index is 2.39.